The van der Waals surface area contributed by atoms with Crippen LogP contribution in [-0.4, -0.2) is 19.6 Å². The van der Waals surface area contributed by atoms with Crippen LogP contribution in [0.15, 0.2) is 59.4 Å². The average molecular weight is 395 g/mol. The Morgan fingerprint density at radius 3 is 2.68 bits per heavy atom. The van der Waals surface area contributed by atoms with Crippen LogP contribution in [-0.2, 0) is 13.1 Å². The molecule has 8 heteroatoms. The number of aryl methyl sites for hydroxylation is 1. The van der Waals surface area contributed by atoms with E-state index < -0.39 is 0 Å². The third kappa shape index (κ3) is 3.99. The molecule has 0 aliphatic heterocycles. The fraction of sp³-hybridized carbons (Fsp3) is 0.150. The summed E-state index contributed by atoms with van der Waals surface area (Å²) in [5.41, 5.74) is 3.47. The third-order valence-corrected chi connectivity index (χ3v) is 4.58. The van der Waals surface area contributed by atoms with Crippen molar-refractivity contribution in [2.24, 2.45) is 0 Å². The number of hydrogen-bond acceptors (Lipinski definition) is 5. The maximum absolute atomic E-state index is 12.4. The van der Waals surface area contributed by atoms with Gasteiger partial charge in [0.15, 0.2) is 0 Å². The van der Waals surface area contributed by atoms with E-state index in [9.17, 15) is 4.79 Å². The highest BCUT2D eigenvalue weighted by Crippen LogP contribution is 2.20. The number of anilines is 2. The van der Waals surface area contributed by atoms with Gasteiger partial charge >= 0.3 is 0 Å². The maximum atomic E-state index is 12.4. The molecule has 142 valence electrons. The summed E-state index contributed by atoms with van der Waals surface area (Å²) < 4.78 is 1.32. The Morgan fingerprint density at radius 2 is 1.86 bits per heavy atom. The topological polar surface area (TPSA) is 87.1 Å². The number of nitrogens with one attached hydrogen (secondary N) is 3. The highest BCUT2D eigenvalue weighted by atomic mass is 35.5. The number of fused-ring (bicyclic) bond motifs is 1. The second-order valence-electron chi connectivity index (χ2n) is 6.45. The Morgan fingerprint density at radius 1 is 1.04 bits per heavy atom. The number of aromatic amines is 1. The molecule has 2 aromatic carbocycles. The number of rotatable bonds is 6. The molecule has 0 bridgehead atoms. The number of H-pyrrole nitrogens is 1. The van der Waals surface area contributed by atoms with Gasteiger partial charge in [0.2, 0.25) is 5.95 Å². The number of aromatic nitrogens is 4. The minimum absolute atomic E-state index is 0.218. The summed E-state index contributed by atoms with van der Waals surface area (Å²) in [4.78, 5) is 21.2. The van der Waals surface area contributed by atoms with E-state index in [1.54, 1.807) is 0 Å². The van der Waals surface area contributed by atoms with Gasteiger partial charge in [-0.15, -0.1) is 0 Å². The van der Waals surface area contributed by atoms with Gasteiger partial charge in [-0.05, 0) is 30.2 Å². The number of nitrogens with zero attached hydrogens (tertiary/aromatic N) is 3. The van der Waals surface area contributed by atoms with Crippen LogP contribution in [0.5, 0.6) is 0 Å². The summed E-state index contributed by atoms with van der Waals surface area (Å²) in [6, 6.07) is 17.1. The Balaban J connectivity index is 1.51. The van der Waals surface area contributed by atoms with Crippen LogP contribution in [0, 0.1) is 6.92 Å². The van der Waals surface area contributed by atoms with Gasteiger partial charge in [0.05, 0.1) is 12.2 Å². The van der Waals surface area contributed by atoms with Crippen LogP contribution in [0.4, 0.5) is 11.6 Å². The van der Waals surface area contributed by atoms with E-state index in [1.165, 1.54) is 10.6 Å². The van der Waals surface area contributed by atoms with Crippen LogP contribution in [0.25, 0.3) is 5.78 Å². The molecule has 0 saturated carbocycles. The predicted octanol–water partition coefficient (Wildman–Crippen LogP) is 3.60. The number of benzene rings is 2. The third-order valence-electron chi connectivity index (χ3n) is 4.35. The van der Waals surface area contributed by atoms with Crippen molar-refractivity contribution in [3.63, 3.8) is 0 Å². The molecular formula is C20H19ClN6O. The lowest BCUT2D eigenvalue weighted by Gasteiger charge is -2.09. The van der Waals surface area contributed by atoms with E-state index in [0.29, 0.717) is 35.5 Å². The summed E-state index contributed by atoms with van der Waals surface area (Å²) in [6.45, 7) is 2.98. The molecular weight excluding hydrogens is 376 g/mol. The van der Waals surface area contributed by atoms with Crippen LogP contribution in [0.1, 0.15) is 16.8 Å². The van der Waals surface area contributed by atoms with Gasteiger partial charge in [0.1, 0.15) is 0 Å². The van der Waals surface area contributed by atoms with Gasteiger partial charge < -0.3 is 10.6 Å². The Labute approximate surface area is 166 Å². The van der Waals surface area contributed by atoms with Crippen molar-refractivity contribution in [3.05, 3.63) is 86.8 Å². The van der Waals surface area contributed by atoms with Crippen molar-refractivity contribution in [3.8, 4) is 0 Å². The zero-order chi connectivity index (χ0) is 19.5. The lowest BCUT2D eigenvalue weighted by molar-refractivity contribution is 0.874. The summed E-state index contributed by atoms with van der Waals surface area (Å²) in [5.74, 6) is 0.812. The smallest absolute Gasteiger partial charge is 0.274 e. The minimum Gasteiger partial charge on any atom is -0.379 e. The zero-order valence-electron chi connectivity index (χ0n) is 15.2. The Bertz CT molecular complexity index is 1170. The molecule has 0 aliphatic rings. The van der Waals surface area contributed by atoms with Crippen molar-refractivity contribution in [1.29, 1.82) is 0 Å². The summed E-state index contributed by atoms with van der Waals surface area (Å²) in [6.07, 6.45) is 0. The van der Waals surface area contributed by atoms with Gasteiger partial charge in [-0.2, -0.15) is 9.50 Å². The van der Waals surface area contributed by atoms with Gasteiger partial charge in [-0.3, -0.25) is 9.89 Å². The van der Waals surface area contributed by atoms with Crippen LogP contribution in [0.2, 0.25) is 5.02 Å². The lowest BCUT2D eigenvalue weighted by Crippen LogP contribution is -2.17. The molecule has 0 fully saturated rings. The normalized spacial score (nSPS) is 10.9. The molecule has 0 aliphatic carbocycles. The van der Waals surface area contributed by atoms with E-state index in [0.717, 1.165) is 16.8 Å². The Hall–Kier alpha value is -3.32. The number of halogens is 1. The van der Waals surface area contributed by atoms with Crippen molar-refractivity contribution < 1.29 is 0 Å². The molecule has 2 aromatic heterocycles. The fourth-order valence-corrected chi connectivity index (χ4v) is 3.02. The molecule has 0 atom stereocenters. The van der Waals surface area contributed by atoms with Gasteiger partial charge in [-0.25, -0.2) is 4.98 Å². The van der Waals surface area contributed by atoms with Gasteiger partial charge in [-0.1, -0.05) is 48.0 Å². The quantitative estimate of drug-likeness (QED) is 0.465. The molecule has 7 nitrogen and oxygen atoms in total. The van der Waals surface area contributed by atoms with E-state index in [-0.39, 0.29) is 5.56 Å². The van der Waals surface area contributed by atoms with Crippen molar-refractivity contribution in [2.75, 3.05) is 10.6 Å². The van der Waals surface area contributed by atoms with E-state index in [4.69, 9.17) is 11.6 Å². The van der Waals surface area contributed by atoms with Crippen molar-refractivity contribution >= 4 is 29.0 Å². The Kier molecular flexibility index (Phi) is 4.99. The SMILES string of the molecule is Cc1ccc(Cl)cc1NCc1cc(=O)n2[nH]c(NCc3ccccc3)nc2n1. The summed E-state index contributed by atoms with van der Waals surface area (Å²) >= 11 is 6.05. The summed E-state index contributed by atoms with van der Waals surface area (Å²) in [7, 11) is 0. The first-order valence-electron chi connectivity index (χ1n) is 8.85. The summed E-state index contributed by atoms with van der Waals surface area (Å²) in [5, 5.41) is 10.0. The second-order valence-corrected chi connectivity index (χ2v) is 6.88. The monoisotopic (exact) mass is 394 g/mol. The lowest BCUT2D eigenvalue weighted by atomic mass is 10.2. The molecule has 4 rings (SSSR count). The second kappa shape index (κ2) is 7.74. The minimum atomic E-state index is -0.218. The first kappa shape index (κ1) is 18.1. The first-order valence-corrected chi connectivity index (χ1v) is 9.23. The molecule has 0 saturated heterocycles. The molecule has 0 radical (unpaired) electrons. The maximum Gasteiger partial charge on any atom is 0.274 e. The molecule has 2 heterocycles. The largest absolute Gasteiger partial charge is 0.379 e. The number of hydrogen-bond donors (Lipinski definition) is 3. The molecule has 3 N–H and O–H groups in total. The highest BCUT2D eigenvalue weighted by molar-refractivity contribution is 6.30. The highest BCUT2D eigenvalue weighted by Gasteiger charge is 2.09. The van der Waals surface area contributed by atoms with Crippen molar-refractivity contribution in [1.82, 2.24) is 19.6 Å². The van der Waals surface area contributed by atoms with Crippen LogP contribution < -0.4 is 16.2 Å². The van der Waals surface area contributed by atoms with Crippen LogP contribution in [0.3, 0.4) is 0 Å². The van der Waals surface area contributed by atoms with Crippen molar-refractivity contribution in [2.45, 2.75) is 20.0 Å². The van der Waals surface area contributed by atoms with Gasteiger partial charge in [0.25, 0.3) is 11.3 Å². The fourth-order valence-electron chi connectivity index (χ4n) is 2.85. The van der Waals surface area contributed by atoms with Crippen LogP contribution >= 0.6 is 11.6 Å². The standard InChI is InChI=1S/C20H19ClN6O/c1-13-7-8-15(21)9-17(13)22-12-16-10-18(28)27-20(24-16)25-19(26-27)23-11-14-5-3-2-4-6-14/h2-10,22H,11-12H2,1H3,(H2,23,24,25,26). The van der Waals surface area contributed by atoms with E-state index in [2.05, 4.69) is 25.7 Å². The molecule has 0 unspecified atom stereocenters. The molecule has 4 aromatic rings. The van der Waals surface area contributed by atoms with E-state index >= 15 is 0 Å². The zero-order valence-corrected chi connectivity index (χ0v) is 16.0. The average Bonchev–Trinajstić information content (AvgIpc) is 3.11. The van der Waals surface area contributed by atoms with E-state index in [1.807, 2.05) is 55.5 Å². The molecule has 28 heavy (non-hydrogen) atoms. The van der Waals surface area contributed by atoms with Gasteiger partial charge in [0, 0.05) is 23.3 Å². The first-order chi connectivity index (χ1) is 13.6. The predicted molar refractivity (Wildman–Crippen MR) is 111 cm³/mol. The molecule has 0 amide bonds. The molecule has 0 spiro atoms.